The third kappa shape index (κ3) is 6.00. The molecule has 2 N–H and O–H groups in total. The van der Waals surface area contributed by atoms with Crippen molar-refractivity contribution >= 4 is 41.0 Å². The number of aromatic nitrogens is 3. The third-order valence-electron chi connectivity index (χ3n) is 7.81. The summed E-state index contributed by atoms with van der Waals surface area (Å²) in [5.41, 5.74) is -0.654. The smallest absolute Gasteiger partial charge is 0.411 e. The molecule has 5 rings (SSSR count). The van der Waals surface area contributed by atoms with Gasteiger partial charge in [0, 0.05) is 31.2 Å². The summed E-state index contributed by atoms with van der Waals surface area (Å²) >= 11 is 0. The molecule has 0 aromatic carbocycles. The zero-order chi connectivity index (χ0) is 30.4. The van der Waals surface area contributed by atoms with Crippen molar-refractivity contribution in [2.75, 3.05) is 31.5 Å². The maximum absolute atomic E-state index is 13.7. The fourth-order valence-electron chi connectivity index (χ4n) is 5.95. The molecule has 4 heterocycles. The number of carbonyl (C=O) groups excluding carboxylic acids is 4. The summed E-state index contributed by atoms with van der Waals surface area (Å²) in [7, 11) is 0. The van der Waals surface area contributed by atoms with E-state index in [1.165, 1.54) is 9.80 Å². The number of hydrogen-bond donors (Lipinski definition) is 2. The average Bonchev–Trinajstić information content (AvgIpc) is 3.30. The Labute approximate surface area is 245 Å². The fraction of sp³-hybridized carbons (Fsp3) is 0.655. The first-order chi connectivity index (χ1) is 19.7. The Morgan fingerprint density at radius 2 is 1.67 bits per heavy atom. The predicted molar refractivity (Wildman–Crippen MR) is 154 cm³/mol. The minimum Gasteiger partial charge on any atom is -0.444 e. The van der Waals surface area contributed by atoms with Crippen LogP contribution in [0.2, 0.25) is 0 Å². The molecule has 2 fully saturated rings. The highest BCUT2D eigenvalue weighted by molar-refractivity contribution is 6.00. The van der Waals surface area contributed by atoms with Crippen LogP contribution in [0.15, 0.2) is 12.3 Å². The van der Waals surface area contributed by atoms with Gasteiger partial charge in [-0.3, -0.25) is 19.8 Å². The zero-order valence-corrected chi connectivity index (χ0v) is 25.3. The highest BCUT2D eigenvalue weighted by Crippen LogP contribution is 2.40. The van der Waals surface area contributed by atoms with E-state index in [9.17, 15) is 19.2 Å². The highest BCUT2D eigenvalue weighted by atomic mass is 16.6. The average molecular weight is 584 g/mol. The van der Waals surface area contributed by atoms with Crippen molar-refractivity contribution in [3.8, 4) is 0 Å². The molecule has 1 atom stereocenters. The summed E-state index contributed by atoms with van der Waals surface area (Å²) in [6.45, 7) is 11.2. The van der Waals surface area contributed by atoms with E-state index in [1.807, 2.05) is 4.57 Å². The van der Waals surface area contributed by atoms with E-state index in [-0.39, 0.29) is 37.0 Å². The van der Waals surface area contributed by atoms with E-state index in [4.69, 9.17) is 14.5 Å². The number of anilines is 1. The molecule has 228 valence electrons. The van der Waals surface area contributed by atoms with Crippen LogP contribution in [-0.4, -0.2) is 91.8 Å². The molecule has 3 aliphatic rings. The Kier molecular flexibility index (Phi) is 7.56. The van der Waals surface area contributed by atoms with Gasteiger partial charge >= 0.3 is 12.2 Å². The number of rotatable bonds is 2. The van der Waals surface area contributed by atoms with E-state index >= 15 is 0 Å². The Morgan fingerprint density at radius 3 is 2.33 bits per heavy atom. The SMILES string of the molecule is CC(C)(C)OC(=O)N1CCN(C(=O)OC(C)(C)C)[C@@H](C(=O)Nc2ncc3cc4n(c3n2)C2(CCCCC2)CNC4=O)C1. The van der Waals surface area contributed by atoms with E-state index in [2.05, 4.69) is 15.6 Å². The molecule has 2 aromatic heterocycles. The van der Waals surface area contributed by atoms with Crippen molar-refractivity contribution in [3.05, 3.63) is 18.0 Å². The van der Waals surface area contributed by atoms with Crippen molar-refractivity contribution in [3.63, 3.8) is 0 Å². The number of piperazine rings is 1. The lowest BCUT2D eigenvalue weighted by molar-refractivity contribution is -0.123. The lowest BCUT2D eigenvalue weighted by Crippen LogP contribution is -2.61. The molecule has 0 bridgehead atoms. The molecule has 0 unspecified atom stereocenters. The van der Waals surface area contributed by atoms with Crippen molar-refractivity contribution < 1.29 is 28.7 Å². The topological polar surface area (TPSA) is 148 Å². The summed E-state index contributed by atoms with van der Waals surface area (Å²) in [6, 6.07) is 0.715. The zero-order valence-electron chi connectivity index (χ0n) is 25.3. The number of ether oxygens (including phenoxy) is 2. The van der Waals surface area contributed by atoms with Gasteiger partial charge in [-0.25, -0.2) is 14.6 Å². The van der Waals surface area contributed by atoms with Gasteiger partial charge in [-0.2, -0.15) is 4.98 Å². The maximum atomic E-state index is 13.7. The van der Waals surface area contributed by atoms with Gasteiger partial charge in [0.25, 0.3) is 11.8 Å². The second kappa shape index (κ2) is 10.7. The lowest BCUT2D eigenvalue weighted by Gasteiger charge is -2.43. The van der Waals surface area contributed by atoms with Gasteiger partial charge in [0.05, 0.1) is 12.1 Å². The van der Waals surface area contributed by atoms with Gasteiger partial charge in [0.15, 0.2) is 0 Å². The van der Waals surface area contributed by atoms with Crippen LogP contribution in [0.5, 0.6) is 0 Å². The Balaban J connectivity index is 1.43. The van der Waals surface area contributed by atoms with Crippen LogP contribution >= 0.6 is 0 Å². The first-order valence-electron chi connectivity index (χ1n) is 14.6. The highest BCUT2D eigenvalue weighted by Gasteiger charge is 2.43. The van der Waals surface area contributed by atoms with Crippen molar-refractivity contribution in [2.24, 2.45) is 0 Å². The van der Waals surface area contributed by atoms with Crippen molar-refractivity contribution in [2.45, 2.75) is 96.4 Å². The molecule has 1 aliphatic carbocycles. The van der Waals surface area contributed by atoms with E-state index in [1.54, 1.807) is 53.8 Å². The van der Waals surface area contributed by atoms with Crippen LogP contribution in [-0.2, 0) is 19.8 Å². The van der Waals surface area contributed by atoms with Crippen LogP contribution in [0, 0.1) is 0 Å². The van der Waals surface area contributed by atoms with Gasteiger partial charge in [-0.15, -0.1) is 0 Å². The van der Waals surface area contributed by atoms with Crippen LogP contribution < -0.4 is 10.6 Å². The lowest BCUT2D eigenvalue weighted by atomic mass is 9.80. The Bertz CT molecular complexity index is 1400. The molecule has 13 heteroatoms. The van der Waals surface area contributed by atoms with Crippen LogP contribution in [0.25, 0.3) is 11.0 Å². The summed E-state index contributed by atoms with van der Waals surface area (Å²) in [5, 5.41) is 6.50. The first-order valence-corrected chi connectivity index (χ1v) is 14.6. The first kappa shape index (κ1) is 29.6. The van der Waals surface area contributed by atoms with Crippen LogP contribution in [0.3, 0.4) is 0 Å². The molecule has 0 radical (unpaired) electrons. The standard InChI is InChI=1S/C29H41N7O6/c1-27(2,3)41-25(39)34-12-13-35(26(40)42-28(4,5)6)20(16-34)23(38)33-24-30-15-18-14-19-22(37)31-17-29(10-8-7-9-11-29)36(19)21(18)32-24/h14-15,20H,7-13,16-17H2,1-6H3,(H,31,37)(H,30,32,33,38)/t20-/m1/s1. The second-order valence-corrected chi connectivity index (χ2v) is 13.4. The van der Waals surface area contributed by atoms with Crippen molar-refractivity contribution in [1.82, 2.24) is 29.7 Å². The van der Waals surface area contributed by atoms with Crippen LogP contribution in [0.4, 0.5) is 15.5 Å². The molecular weight excluding hydrogens is 542 g/mol. The molecular formula is C29H41N7O6. The van der Waals surface area contributed by atoms with E-state index in [0.29, 0.717) is 23.3 Å². The van der Waals surface area contributed by atoms with Gasteiger partial charge in [-0.05, 0) is 60.5 Å². The molecule has 13 nitrogen and oxygen atoms in total. The minimum absolute atomic E-state index is 0.0453. The number of hydrogen-bond acceptors (Lipinski definition) is 8. The summed E-state index contributed by atoms with van der Waals surface area (Å²) in [5.74, 6) is -0.680. The van der Waals surface area contributed by atoms with E-state index in [0.717, 1.165) is 32.1 Å². The van der Waals surface area contributed by atoms with Gasteiger partial charge < -0.3 is 24.3 Å². The molecule has 1 saturated carbocycles. The number of amides is 4. The molecule has 4 amide bonds. The molecule has 1 saturated heterocycles. The third-order valence-corrected chi connectivity index (χ3v) is 7.81. The summed E-state index contributed by atoms with van der Waals surface area (Å²) < 4.78 is 13.1. The summed E-state index contributed by atoms with van der Waals surface area (Å²) in [4.78, 5) is 64.2. The minimum atomic E-state index is -1.07. The van der Waals surface area contributed by atoms with Gasteiger partial charge in [-0.1, -0.05) is 19.3 Å². The monoisotopic (exact) mass is 583 g/mol. The van der Waals surface area contributed by atoms with Gasteiger partial charge in [0.2, 0.25) is 5.95 Å². The normalized spacial score (nSPS) is 20.6. The molecule has 2 aliphatic heterocycles. The number of nitrogens with one attached hydrogen (secondary N) is 2. The molecule has 1 spiro atoms. The largest absolute Gasteiger partial charge is 0.444 e. The predicted octanol–water partition coefficient (Wildman–Crippen LogP) is 3.63. The van der Waals surface area contributed by atoms with Crippen molar-refractivity contribution in [1.29, 1.82) is 0 Å². The Hall–Kier alpha value is -3.90. The number of nitrogens with zero attached hydrogens (tertiary/aromatic N) is 5. The second-order valence-electron chi connectivity index (χ2n) is 13.4. The molecule has 2 aromatic rings. The Morgan fingerprint density at radius 1 is 1.00 bits per heavy atom. The quantitative estimate of drug-likeness (QED) is 0.545. The van der Waals surface area contributed by atoms with Crippen LogP contribution in [0.1, 0.15) is 84.1 Å². The maximum Gasteiger partial charge on any atom is 0.411 e. The fourth-order valence-corrected chi connectivity index (χ4v) is 5.95. The number of carbonyl (C=O) groups is 4. The van der Waals surface area contributed by atoms with E-state index < -0.39 is 35.3 Å². The van der Waals surface area contributed by atoms with Gasteiger partial charge in [0.1, 0.15) is 28.6 Å². The summed E-state index contributed by atoms with van der Waals surface area (Å²) in [6.07, 6.45) is 5.46. The number of fused-ring (bicyclic) bond motifs is 4. The molecule has 42 heavy (non-hydrogen) atoms.